The van der Waals surface area contributed by atoms with Crippen LogP contribution in [0.25, 0.3) is 0 Å². The topological polar surface area (TPSA) is 49.4 Å². The SMILES string of the molecule is CC1NCCN(S(=O)(=O)Cc2cc(Cl)cc(Cl)c2)C1C. The lowest BCUT2D eigenvalue weighted by atomic mass is 10.1. The van der Waals surface area contributed by atoms with Crippen molar-refractivity contribution < 1.29 is 8.42 Å². The van der Waals surface area contributed by atoms with Gasteiger partial charge in [-0.1, -0.05) is 23.2 Å². The van der Waals surface area contributed by atoms with E-state index in [-0.39, 0.29) is 17.8 Å². The summed E-state index contributed by atoms with van der Waals surface area (Å²) in [6, 6.07) is 4.95. The molecule has 1 saturated heterocycles. The monoisotopic (exact) mass is 336 g/mol. The fraction of sp³-hybridized carbons (Fsp3) is 0.538. The van der Waals surface area contributed by atoms with Crippen molar-refractivity contribution in [1.29, 1.82) is 0 Å². The first-order chi connectivity index (χ1) is 9.29. The zero-order valence-corrected chi connectivity index (χ0v) is 13.8. The lowest BCUT2D eigenvalue weighted by molar-refractivity contribution is 0.232. The lowest BCUT2D eigenvalue weighted by Crippen LogP contribution is -2.57. The molecule has 0 saturated carbocycles. The largest absolute Gasteiger partial charge is 0.311 e. The molecule has 1 aliphatic heterocycles. The van der Waals surface area contributed by atoms with E-state index >= 15 is 0 Å². The zero-order valence-electron chi connectivity index (χ0n) is 11.4. The number of nitrogens with zero attached hydrogens (tertiary/aromatic N) is 1. The first-order valence-corrected chi connectivity index (χ1v) is 8.84. The number of piperazine rings is 1. The molecule has 1 fully saturated rings. The zero-order chi connectivity index (χ0) is 14.9. The summed E-state index contributed by atoms with van der Waals surface area (Å²) in [5.74, 6) is -0.0790. The summed E-state index contributed by atoms with van der Waals surface area (Å²) in [5.41, 5.74) is 0.612. The second-order valence-electron chi connectivity index (χ2n) is 5.13. The van der Waals surface area contributed by atoms with Gasteiger partial charge in [-0.05, 0) is 37.6 Å². The third kappa shape index (κ3) is 3.65. The van der Waals surface area contributed by atoms with E-state index in [1.165, 1.54) is 0 Å². The number of rotatable bonds is 3. The Labute approximate surface area is 130 Å². The summed E-state index contributed by atoms with van der Waals surface area (Å²) in [7, 11) is -3.38. The predicted molar refractivity (Wildman–Crippen MR) is 82.7 cm³/mol. The van der Waals surface area contributed by atoms with Gasteiger partial charge in [0.25, 0.3) is 0 Å². The first-order valence-electron chi connectivity index (χ1n) is 6.47. The maximum absolute atomic E-state index is 12.5. The maximum Gasteiger partial charge on any atom is 0.218 e. The van der Waals surface area contributed by atoms with Crippen LogP contribution >= 0.6 is 23.2 Å². The van der Waals surface area contributed by atoms with Crippen LogP contribution in [0.5, 0.6) is 0 Å². The van der Waals surface area contributed by atoms with Crippen molar-refractivity contribution in [1.82, 2.24) is 9.62 Å². The van der Waals surface area contributed by atoms with Gasteiger partial charge in [0.1, 0.15) is 0 Å². The van der Waals surface area contributed by atoms with E-state index in [0.717, 1.165) is 0 Å². The highest BCUT2D eigenvalue weighted by atomic mass is 35.5. The standard InChI is InChI=1S/C13H18Cl2N2O2S/c1-9-10(2)17(4-3-16-9)20(18,19)8-11-5-12(14)7-13(15)6-11/h5-7,9-10,16H,3-4,8H2,1-2H3. The molecule has 20 heavy (non-hydrogen) atoms. The molecule has 112 valence electrons. The third-order valence-corrected chi connectivity index (χ3v) is 5.97. The highest BCUT2D eigenvalue weighted by Crippen LogP contribution is 2.23. The van der Waals surface area contributed by atoms with Crippen molar-refractivity contribution >= 4 is 33.2 Å². The maximum atomic E-state index is 12.5. The van der Waals surface area contributed by atoms with Crippen molar-refractivity contribution in [2.75, 3.05) is 13.1 Å². The molecular formula is C13H18Cl2N2O2S. The number of halogens is 2. The van der Waals surface area contributed by atoms with E-state index in [4.69, 9.17) is 23.2 Å². The lowest BCUT2D eigenvalue weighted by Gasteiger charge is -2.37. The Bertz CT molecular complexity index is 572. The molecule has 1 aromatic rings. The summed E-state index contributed by atoms with van der Waals surface area (Å²) in [6.45, 7) is 5.06. The van der Waals surface area contributed by atoms with E-state index in [1.54, 1.807) is 22.5 Å². The molecule has 0 spiro atoms. The molecule has 0 bridgehead atoms. The van der Waals surface area contributed by atoms with E-state index < -0.39 is 10.0 Å². The van der Waals surface area contributed by atoms with E-state index in [0.29, 0.717) is 28.7 Å². The molecular weight excluding hydrogens is 319 g/mol. The smallest absolute Gasteiger partial charge is 0.218 e. The highest BCUT2D eigenvalue weighted by molar-refractivity contribution is 7.88. The highest BCUT2D eigenvalue weighted by Gasteiger charge is 2.33. The number of sulfonamides is 1. The molecule has 7 heteroatoms. The van der Waals surface area contributed by atoms with Crippen LogP contribution < -0.4 is 5.32 Å². The molecule has 1 aliphatic rings. The molecule has 2 atom stereocenters. The Morgan fingerprint density at radius 3 is 2.45 bits per heavy atom. The number of hydrogen-bond acceptors (Lipinski definition) is 3. The first kappa shape index (κ1) is 16.0. The molecule has 2 unspecified atom stereocenters. The normalized spacial score (nSPS) is 24.8. The number of benzene rings is 1. The minimum absolute atomic E-state index is 0.0663. The second-order valence-corrected chi connectivity index (χ2v) is 7.92. The van der Waals surface area contributed by atoms with Crippen LogP contribution in [0.2, 0.25) is 10.0 Å². The molecule has 4 nitrogen and oxygen atoms in total. The Kier molecular flexibility index (Phi) is 4.97. The van der Waals surface area contributed by atoms with Gasteiger partial charge in [-0.3, -0.25) is 0 Å². The summed E-state index contributed by atoms with van der Waals surface area (Å²) in [6.07, 6.45) is 0. The number of hydrogen-bond donors (Lipinski definition) is 1. The van der Waals surface area contributed by atoms with Crippen molar-refractivity contribution in [2.24, 2.45) is 0 Å². The fourth-order valence-electron chi connectivity index (χ4n) is 2.41. The molecule has 0 amide bonds. The predicted octanol–water partition coefficient (Wildman–Crippen LogP) is 2.51. The van der Waals surface area contributed by atoms with Gasteiger partial charge in [-0.25, -0.2) is 8.42 Å². The fourth-order valence-corrected chi connectivity index (χ4v) is 4.79. The van der Waals surface area contributed by atoms with Gasteiger partial charge in [-0.15, -0.1) is 0 Å². The molecule has 1 N–H and O–H groups in total. The summed E-state index contributed by atoms with van der Waals surface area (Å²) in [5, 5.41) is 4.16. The van der Waals surface area contributed by atoms with Gasteiger partial charge >= 0.3 is 0 Å². The van der Waals surface area contributed by atoms with E-state index in [9.17, 15) is 8.42 Å². The van der Waals surface area contributed by atoms with E-state index in [1.807, 2.05) is 13.8 Å². The Balaban J connectivity index is 2.22. The van der Waals surface area contributed by atoms with Crippen LogP contribution in [0.1, 0.15) is 19.4 Å². The van der Waals surface area contributed by atoms with Crippen LogP contribution in [0.4, 0.5) is 0 Å². The van der Waals surface area contributed by atoms with Crippen molar-refractivity contribution in [3.63, 3.8) is 0 Å². The molecule has 1 aromatic carbocycles. The molecule has 1 heterocycles. The van der Waals surface area contributed by atoms with Crippen LogP contribution in [-0.2, 0) is 15.8 Å². The Morgan fingerprint density at radius 1 is 1.25 bits per heavy atom. The molecule has 2 rings (SSSR count). The van der Waals surface area contributed by atoms with Gasteiger partial charge < -0.3 is 5.32 Å². The summed E-state index contributed by atoms with van der Waals surface area (Å²) in [4.78, 5) is 0. The number of nitrogens with one attached hydrogen (secondary N) is 1. The minimum atomic E-state index is -3.38. The van der Waals surface area contributed by atoms with Crippen LogP contribution in [0.3, 0.4) is 0 Å². The van der Waals surface area contributed by atoms with Crippen molar-refractivity contribution in [3.8, 4) is 0 Å². The second kappa shape index (κ2) is 6.20. The Hall–Kier alpha value is -0.330. The van der Waals surface area contributed by atoms with Gasteiger partial charge in [0.2, 0.25) is 10.0 Å². The van der Waals surface area contributed by atoms with Crippen LogP contribution in [-0.4, -0.2) is 37.9 Å². The van der Waals surface area contributed by atoms with Crippen LogP contribution in [0.15, 0.2) is 18.2 Å². The quantitative estimate of drug-likeness (QED) is 0.922. The molecule has 0 radical (unpaired) electrons. The van der Waals surface area contributed by atoms with Gasteiger partial charge in [0.05, 0.1) is 5.75 Å². The van der Waals surface area contributed by atoms with Gasteiger partial charge in [-0.2, -0.15) is 4.31 Å². The van der Waals surface area contributed by atoms with Crippen LogP contribution in [0, 0.1) is 0 Å². The molecule has 0 aliphatic carbocycles. The van der Waals surface area contributed by atoms with Gasteiger partial charge in [0.15, 0.2) is 0 Å². The van der Waals surface area contributed by atoms with Crippen molar-refractivity contribution in [3.05, 3.63) is 33.8 Å². The van der Waals surface area contributed by atoms with Gasteiger partial charge in [0, 0.05) is 35.2 Å². The third-order valence-electron chi connectivity index (χ3n) is 3.61. The Morgan fingerprint density at radius 2 is 1.85 bits per heavy atom. The van der Waals surface area contributed by atoms with E-state index in [2.05, 4.69) is 5.32 Å². The average molecular weight is 337 g/mol. The summed E-state index contributed by atoms with van der Waals surface area (Å²) < 4.78 is 26.6. The van der Waals surface area contributed by atoms with Crippen molar-refractivity contribution in [2.45, 2.75) is 31.7 Å². The minimum Gasteiger partial charge on any atom is -0.311 e. The average Bonchev–Trinajstić information content (AvgIpc) is 2.30. The summed E-state index contributed by atoms with van der Waals surface area (Å²) >= 11 is 11.8. The molecule has 0 aromatic heterocycles.